The molecule has 0 radical (unpaired) electrons. The smallest absolute Gasteiger partial charge is 0.262 e. The molecule has 0 aliphatic carbocycles. The van der Waals surface area contributed by atoms with Crippen molar-refractivity contribution in [2.45, 2.75) is 24.8 Å². The van der Waals surface area contributed by atoms with Crippen LogP contribution in [0.2, 0.25) is 0 Å². The zero-order valence-corrected chi connectivity index (χ0v) is 21.5. The van der Waals surface area contributed by atoms with Crippen LogP contribution in [0.5, 0.6) is 17.2 Å². The Kier molecular flexibility index (Phi) is 9.10. The van der Waals surface area contributed by atoms with E-state index in [1.54, 1.807) is 55.5 Å². The van der Waals surface area contributed by atoms with Crippen LogP contribution in [0.15, 0.2) is 71.6 Å². The molecule has 0 spiro atoms. The van der Waals surface area contributed by atoms with Crippen molar-refractivity contribution in [2.75, 3.05) is 25.6 Å². The van der Waals surface area contributed by atoms with Crippen LogP contribution in [0.4, 0.5) is 5.69 Å². The lowest BCUT2D eigenvalue weighted by Crippen LogP contribution is -2.26. The lowest BCUT2D eigenvalue weighted by molar-refractivity contribution is -0.118. The van der Waals surface area contributed by atoms with Crippen molar-refractivity contribution in [3.05, 3.63) is 77.9 Å². The first kappa shape index (κ1) is 27.5. The second kappa shape index (κ2) is 12.2. The molecule has 2 amide bonds. The topological polar surface area (TPSA) is 146 Å². The minimum atomic E-state index is -3.80. The van der Waals surface area contributed by atoms with E-state index in [1.807, 2.05) is 6.92 Å². The van der Waals surface area contributed by atoms with E-state index in [0.29, 0.717) is 34.9 Å². The first-order valence-electron chi connectivity index (χ1n) is 11.4. The highest BCUT2D eigenvalue weighted by molar-refractivity contribution is 7.89. The molecule has 0 bridgehead atoms. The molecule has 11 heteroatoms. The number of amides is 2. The number of rotatable bonds is 11. The predicted octanol–water partition coefficient (Wildman–Crippen LogP) is 3.25. The number of carbonyl (C=O) groups excluding carboxylic acids is 2. The van der Waals surface area contributed by atoms with Crippen molar-refractivity contribution < 1.29 is 32.2 Å². The number of anilines is 1. The Morgan fingerprint density at radius 1 is 0.946 bits per heavy atom. The molecule has 3 aromatic carbocycles. The third kappa shape index (κ3) is 7.69. The number of carbonyl (C=O) groups is 2. The standard InChI is InChI=1S/C26H29N3O7S/c1-4-35-21-10-8-20(9-11-21)29-25(30)16-36-23-14-7-19(15-24(23)34-3)26(31)28-17(2)18-5-12-22(13-6-18)37(27,32)33/h5-15,17H,4,16H2,1-3H3,(H,28,31)(H,29,30)(H2,27,32,33). The van der Waals surface area contributed by atoms with Gasteiger partial charge in [0.05, 0.1) is 24.7 Å². The third-order valence-corrected chi connectivity index (χ3v) is 6.22. The Morgan fingerprint density at radius 2 is 1.62 bits per heavy atom. The summed E-state index contributed by atoms with van der Waals surface area (Å²) in [5.74, 6) is 0.551. The molecule has 4 N–H and O–H groups in total. The number of benzene rings is 3. The molecule has 0 aliphatic rings. The van der Waals surface area contributed by atoms with Crippen LogP contribution in [-0.2, 0) is 14.8 Å². The summed E-state index contributed by atoms with van der Waals surface area (Å²) in [4.78, 5) is 25.1. The number of hydrogen-bond donors (Lipinski definition) is 3. The molecule has 0 aromatic heterocycles. The van der Waals surface area contributed by atoms with Crippen molar-refractivity contribution in [3.8, 4) is 17.2 Å². The van der Waals surface area contributed by atoms with Crippen molar-refractivity contribution in [3.63, 3.8) is 0 Å². The highest BCUT2D eigenvalue weighted by atomic mass is 32.2. The fourth-order valence-electron chi connectivity index (χ4n) is 3.38. The summed E-state index contributed by atoms with van der Waals surface area (Å²) in [6.07, 6.45) is 0. The number of ether oxygens (including phenoxy) is 3. The van der Waals surface area contributed by atoms with Crippen molar-refractivity contribution in [1.29, 1.82) is 0 Å². The normalized spacial score (nSPS) is 11.8. The third-order valence-electron chi connectivity index (χ3n) is 5.29. The number of sulfonamides is 1. The van der Waals surface area contributed by atoms with Gasteiger partial charge in [-0.05, 0) is 74.0 Å². The lowest BCUT2D eigenvalue weighted by atomic mass is 10.1. The Morgan fingerprint density at radius 3 is 2.22 bits per heavy atom. The van der Waals surface area contributed by atoms with Crippen molar-refractivity contribution >= 4 is 27.5 Å². The zero-order chi connectivity index (χ0) is 27.0. The molecule has 0 fully saturated rings. The monoisotopic (exact) mass is 527 g/mol. The lowest BCUT2D eigenvalue weighted by Gasteiger charge is -2.16. The maximum atomic E-state index is 12.8. The van der Waals surface area contributed by atoms with Gasteiger partial charge in [-0.15, -0.1) is 0 Å². The van der Waals surface area contributed by atoms with E-state index in [1.165, 1.54) is 25.3 Å². The molecule has 1 unspecified atom stereocenters. The molecule has 0 heterocycles. The van der Waals surface area contributed by atoms with E-state index in [-0.39, 0.29) is 29.1 Å². The number of primary sulfonamides is 1. The molecule has 3 aromatic rings. The van der Waals surface area contributed by atoms with Gasteiger partial charge in [-0.3, -0.25) is 9.59 Å². The van der Waals surface area contributed by atoms with Crippen LogP contribution >= 0.6 is 0 Å². The van der Waals surface area contributed by atoms with E-state index in [2.05, 4.69) is 10.6 Å². The molecular weight excluding hydrogens is 498 g/mol. The quantitative estimate of drug-likeness (QED) is 0.347. The molecule has 0 saturated heterocycles. The Balaban J connectivity index is 1.59. The summed E-state index contributed by atoms with van der Waals surface area (Å²) in [7, 11) is -2.37. The van der Waals surface area contributed by atoms with Gasteiger partial charge in [0.2, 0.25) is 10.0 Å². The van der Waals surface area contributed by atoms with Gasteiger partial charge in [-0.1, -0.05) is 12.1 Å². The highest BCUT2D eigenvalue weighted by Crippen LogP contribution is 2.28. The zero-order valence-electron chi connectivity index (χ0n) is 20.7. The van der Waals surface area contributed by atoms with Gasteiger partial charge in [0.1, 0.15) is 5.75 Å². The molecule has 3 rings (SSSR count). The maximum absolute atomic E-state index is 12.8. The minimum Gasteiger partial charge on any atom is -0.494 e. The fourth-order valence-corrected chi connectivity index (χ4v) is 3.89. The van der Waals surface area contributed by atoms with Gasteiger partial charge >= 0.3 is 0 Å². The SMILES string of the molecule is CCOc1ccc(NC(=O)COc2ccc(C(=O)NC(C)c3ccc(S(N)(=O)=O)cc3)cc2OC)cc1. The second-order valence-electron chi connectivity index (χ2n) is 7.97. The first-order valence-corrected chi connectivity index (χ1v) is 12.9. The van der Waals surface area contributed by atoms with E-state index in [0.717, 1.165) is 0 Å². The van der Waals surface area contributed by atoms with Crippen molar-refractivity contribution in [2.24, 2.45) is 5.14 Å². The molecule has 37 heavy (non-hydrogen) atoms. The van der Waals surface area contributed by atoms with Gasteiger partial charge in [0.25, 0.3) is 11.8 Å². The number of nitrogens with two attached hydrogens (primary N) is 1. The summed E-state index contributed by atoms with van der Waals surface area (Å²) >= 11 is 0. The van der Waals surface area contributed by atoms with E-state index >= 15 is 0 Å². The van der Waals surface area contributed by atoms with Crippen molar-refractivity contribution in [1.82, 2.24) is 5.32 Å². The van der Waals surface area contributed by atoms with Gasteiger partial charge in [0, 0.05) is 11.3 Å². The van der Waals surface area contributed by atoms with Gasteiger partial charge in [0.15, 0.2) is 18.1 Å². The largest absolute Gasteiger partial charge is 0.494 e. The predicted molar refractivity (Wildman–Crippen MR) is 138 cm³/mol. The van der Waals surface area contributed by atoms with Crippen LogP contribution < -0.4 is 30.0 Å². The average Bonchev–Trinajstić information content (AvgIpc) is 2.88. The summed E-state index contributed by atoms with van der Waals surface area (Å²) in [6.45, 7) is 3.95. The fraction of sp³-hybridized carbons (Fsp3) is 0.231. The Labute approximate surface area is 215 Å². The van der Waals surface area contributed by atoms with Crippen LogP contribution in [0.25, 0.3) is 0 Å². The summed E-state index contributed by atoms with van der Waals surface area (Å²) < 4.78 is 39.2. The van der Waals surface area contributed by atoms with Gasteiger partial charge in [-0.25, -0.2) is 13.6 Å². The molecular formula is C26H29N3O7S. The number of methoxy groups -OCH3 is 1. The van der Waals surface area contributed by atoms with Crippen LogP contribution in [-0.4, -0.2) is 40.6 Å². The van der Waals surface area contributed by atoms with Crippen LogP contribution in [0.1, 0.15) is 35.8 Å². The average molecular weight is 528 g/mol. The number of nitrogens with one attached hydrogen (secondary N) is 2. The van der Waals surface area contributed by atoms with E-state index < -0.39 is 16.1 Å². The Bertz CT molecular complexity index is 1340. The highest BCUT2D eigenvalue weighted by Gasteiger charge is 2.16. The molecule has 0 aliphatic heterocycles. The molecule has 0 saturated carbocycles. The van der Waals surface area contributed by atoms with Crippen LogP contribution in [0.3, 0.4) is 0 Å². The Hall–Kier alpha value is -4.09. The van der Waals surface area contributed by atoms with Gasteiger partial charge < -0.3 is 24.8 Å². The maximum Gasteiger partial charge on any atom is 0.262 e. The minimum absolute atomic E-state index is 0.0109. The first-order chi connectivity index (χ1) is 17.6. The van der Waals surface area contributed by atoms with Gasteiger partial charge in [-0.2, -0.15) is 0 Å². The van der Waals surface area contributed by atoms with E-state index in [9.17, 15) is 18.0 Å². The molecule has 1 atom stereocenters. The van der Waals surface area contributed by atoms with Crippen LogP contribution in [0, 0.1) is 0 Å². The summed E-state index contributed by atoms with van der Waals surface area (Å²) in [5.41, 5.74) is 1.62. The molecule has 196 valence electrons. The summed E-state index contributed by atoms with van der Waals surface area (Å²) in [6, 6.07) is 17.1. The summed E-state index contributed by atoms with van der Waals surface area (Å²) in [5, 5.41) is 10.7. The molecule has 10 nitrogen and oxygen atoms in total. The second-order valence-corrected chi connectivity index (χ2v) is 9.53. The number of hydrogen-bond acceptors (Lipinski definition) is 7. The van der Waals surface area contributed by atoms with E-state index in [4.69, 9.17) is 19.3 Å².